The van der Waals surface area contributed by atoms with Crippen molar-refractivity contribution in [3.8, 4) is 0 Å². The highest BCUT2D eigenvalue weighted by Gasteiger charge is 2.18. The van der Waals surface area contributed by atoms with E-state index >= 15 is 0 Å². The molecule has 0 radical (unpaired) electrons. The first-order valence-corrected chi connectivity index (χ1v) is 7.12. The van der Waals surface area contributed by atoms with E-state index in [0.29, 0.717) is 6.54 Å². The molecule has 0 aliphatic rings. The molecular weight excluding hydrogens is 276 g/mol. The lowest BCUT2D eigenvalue weighted by molar-refractivity contribution is -0.697. The topological polar surface area (TPSA) is 48.9 Å². The summed E-state index contributed by atoms with van der Waals surface area (Å²) in [5.41, 5.74) is 2.39. The van der Waals surface area contributed by atoms with Crippen LogP contribution >= 0.6 is 0 Å². The van der Waals surface area contributed by atoms with Gasteiger partial charge in [-0.3, -0.25) is 0 Å². The molecule has 0 aliphatic heterocycles. The Morgan fingerprint density at radius 1 is 1.00 bits per heavy atom. The zero-order chi connectivity index (χ0) is 15.4. The first kappa shape index (κ1) is 14.1. The molecule has 2 aromatic carbocycles. The molecule has 3 aromatic rings. The van der Waals surface area contributed by atoms with E-state index in [1.54, 1.807) is 6.20 Å². The van der Waals surface area contributed by atoms with Gasteiger partial charge in [0.2, 0.25) is 12.4 Å². The lowest BCUT2D eigenvalue weighted by Crippen LogP contribution is -2.36. The van der Waals surface area contributed by atoms with Crippen molar-refractivity contribution in [3.05, 3.63) is 90.5 Å². The van der Waals surface area contributed by atoms with Gasteiger partial charge in [-0.25, -0.2) is 4.57 Å². The third kappa shape index (κ3) is 3.06. The molecule has 0 unspecified atom stereocenters. The summed E-state index contributed by atoms with van der Waals surface area (Å²) in [6.45, 7) is 0.661. The Morgan fingerprint density at radius 2 is 1.55 bits per heavy atom. The van der Waals surface area contributed by atoms with Gasteiger partial charge in [-0.1, -0.05) is 60.7 Å². The fourth-order valence-corrected chi connectivity index (χ4v) is 2.60. The van der Waals surface area contributed by atoms with E-state index in [-0.39, 0.29) is 5.92 Å². The number of nitrogens with zero attached hydrogens (tertiary/aromatic N) is 2. The minimum Gasteiger partial charge on any atom is -0.510 e. The number of hydrogen-bond acceptors (Lipinski definition) is 2. The molecule has 0 amide bonds. The molecule has 3 rings (SSSR count). The summed E-state index contributed by atoms with van der Waals surface area (Å²) in [5, 5.41) is 10.9. The highest BCUT2D eigenvalue weighted by Crippen LogP contribution is 2.24. The van der Waals surface area contributed by atoms with Gasteiger partial charge in [0.05, 0.1) is 0 Å². The number of hydrogen-bond donors (Lipinski definition) is 0. The largest absolute Gasteiger partial charge is 0.510 e. The second-order valence-electron chi connectivity index (χ2n) is 5.16. The van der Waals surface area contributed by atoms with E-state index in [2.05, 4.69) is 24.3 Å². The lowest BCUT2D eigenvalue weighted by Gasteiger charge is -2.16. The zero-order valence-corrected chi connectivity index (χ0v) is 12.0. The van der Waals surface area contributed by atoms with E-state index in [0.717, 1.165) is 4.57 Å². The third-order valence-electron chi connectivity index (χ3n) is 3.70. The van der Waals surface area contributed by atoms with E-state index in [1.807, 2.05) is 41.0 Å². The average molecular weight is 292 g/mol. The number of carbonyl (C=O) groups excluding carboxylic acids is 1. The molecule has 0 saturated heterocycles. The summed E-state index contributed by atoms with van der Waals surface area (Å²) < 4.78 is 2.91. The van der Waals surface area contributed by atoms with Crippen LogP contribution in [0.1, 0.15) is 17.0 Å². The molecule has 1 aromatic heterocycles. The van der Waals surface area contributed by atoms with Crippen molar-refractivity contribution in [1.82, 2.24) is 4.57 Å². The normalized spacial score (nSPS) is 10.8. The van der Waals surface area contributed by atoms with Crippen LogP contribution in [-0.4, -0.2) is 10.7 Å². The van der Waals surface area contributed by atoms with Gasteiger partial charge in [-0.05, 0) is 11.1 Å². The molecule has 110 valence electrons. The third-order valence-corrected chi connectivity index (χ3v) is 3.70. The van der Waals surface area contributed by atoms with Crippen molar-refractivity contribution in [2.24, 2.45) is 0 Å². The Labute approximate surface area is 128 Å². The van der Waals surface area contributed by atoms with Crippen LogP contribution in [0.5, 0.6) is 0 Å². The second-order valence-corrected chi connectivity index (χ2v) is 5.16. The van der Waals surface area contributed by atoms with Crippen LogP contribution in [0, 0.1) is 0 Å². The summed E-state index contributed by atoms with van der Waals surface area (Å²) in [4.78, 5) is 10.9. The number of imidazole rings is 1. The molecule has 4 heteroatoms. The number of carboxylic acid groups (broad SMARTS) is 1. The van der Waals surface area contributed by atoms with Gasteiger partial charge >= 0.3 is 0 Å². The molecule has 0 spiro atoms. The van der Waals surface area contributed by atoms with E-state index in [9.17, 15) is 9.90 Å². The van der Waals surface area contributed by atoms with Gasteiger partial charge in [0, 0.05) is 5.92 Å². The van der Waals surface area contributed by atoms with Gasteiger partial charge < -0.3 is 9.90 Å². The Balaban J connectivity index is 1.93. The Kier molecular flexibility index (Phi) is 4.01. The Morgan fingerprint density at radius 3 is 2.00 bits per heavy atom. The van der Waals surface area contributed by atoms with Crippen molar-refractivity contribution in [2.75, 3.05) is 0 Å². The standard InChI is InChI=1S/C18H16N2O2/c21-18(22)20-12-11-19(14-20)13-17(15-7-3-1-4-8-15)16-9-5-2-6-10-16/h1-12,14,17H,13H2. The number of carbonyl (C=O) groups is 1. The van der Waals surface area contributed by atoms with Crippen molar-refractivity contribution < 1.29 is 14.5 Å². The maximum atomic E-state index is 10.9. The average Bonchev–Trinajstić information content (AvgIpc) is 3.03. The van der Waals surface area contributed by atoms with Crippen LogP contribution in [0.25, 0.3) is 0 Å². The van der Waals surface area contributed by atoms with Gasteiger partial charge in [0.25, 0.3) is 0 Å². The fraction of sp³-hybridized carbons (Fsp3) is 0.111. The maximum Gasteiger partial charge on any atom is 0.250 e. The van der Waals surface area contributed by atoms with Gasteiger partial charge in [0.15, 0.2) is 0 Å². The summed E-state index contributed by atoms with van der Waals surface area (Å²) in [7, 11) is 0. The zero-order valence-electron chi connectivity index (χ0n) is 12.0. The van der Waals surface area contributed by atoms with Crippen LogP contribution in [0.4, 0.5) is 4.79 Å². The quantitative estimate of drug-likeness (QED) is 0.688. The van der Waals surface area contributed by atoms with Crippen molar-refractivity contribution in [1.29, 1.82) is 0 Å². The Bertz CT molecular complexity index is 712. The molecule has 0 fully saturated rings. The molecule has 0 bridgehead atoms. The van der Waals surface area contributed by atoms with Crippen molar-refractivity contribution in [2.45, 2.75) is 12.5 Å². The predicted octanol–water partition coefficient (Wildman–Crippen LogP) is 1.80. The van der Waals surface area contributed by atoms with Crippen LogP contribution in [0.2, 0.25) is 0 Å². The molecule has 0 saturated carbocycles. The van der Waals surface area contributed by atoms with Gasteiger partial charge in [-0.15, -0.1) is 0 Å². The minimum absolute atomic E-state index is 0.157. The van der Waals surface area contributed by atoms with Crippen LogP contribution in [0.15, 0.2) is 79.4 Å². The number of aromatic nitrogens is 2. The highest BCUT2D eigenvalue weighted by atomic mass is 16.4. The smallest absolute Gasteiger partial charge is 0.250 e. The van der Waals surface area contributed by atoms with Crippen LogP contribution < -0.4 is 9.67 Å². The molecule has 1 heterocycles. The highest BCUT2D eigenvalue weighted by molar-refractivity contribution is 5.64. The van der Waals surface area contributed by atoms with E-state index in [4.69, 9.17) is 0 Å². The molecule has 0 atom stereocenters. The maximum absolute atomic E-state index is 10.9. The molecule has 0 aliphatic carbocycles. The molecular formula is C18H16N2O2. The molecule has 0 N–H and O–H groups in total. The van der Waals surface area contributed by atoms with Gasteiger partial charge in [-0.2, -0.15) is 4.57 Å². The van der Waals surface area contributed by atoms with E-state index in [1.165, 1.54) is 23.7 Å². The number of benzene rings is 2. The Hall–Kier alpha value is -2.88. The monoisotopic (exact) mass is 292 g/mol. The summed E-state index contributed by atoms with van der Waals surface area (Å²) in [6.07, 6.45) is 3.54. The lowest BCUT2D eigenvalue weighted by atomic mass is 9.91. The van der Waals surface area contributed by atoms with Crippen LogP contribution in [0.3, 0.4) is 0 Å². The molecule has 22 heavy (non-hydrogen) atoms. The second kappa shape index (κ2) is 6.26. The minimum atomic E-state index is -1.23. The first-order chi connectivity index (χ1) is 10.7. The van der Waals surface area contributed by atoms with Crippen molar-refractivity contribution in [3.63, 3.8) is 0 Å². The van der Waals surface area contributed by atoms with Crippen molar-refractivity contribution >= 4 is 6.09 Å². The number of rotatable bonds is 4. The predicted molar refractivity (Wildman–Crippen MR) is 80.1 cm³/mol. The van der Waals surface area contributed by atoms with Gasteiger partial charge in [0.1, 0.15) is 18.9 Å². The summed E-state index contributed by atoms with van der Waals surface area (Å²) in [6, 6.07) is 20.4. The molecule has 4 nitrogen and oxygen atoms in total. The SMILES string of the molecule is O=C([O-])n1cc[n+](CC(c2ccccc2)c2ccccc2)c1. The van der Waals surface area contributed by atoms with Crippen LogP contribution in [-0.2, 0) is 6.54 Å². The summed E-state index contributed by atoms with van der Waals surface area (Å²) in [5.74, 6) is 0.157. The first-order valence-electron chi connectivity index (χ1n) is 7.12. The summed E-state index contributed by atoms with van der Waals surface area (Å²) >= 11 is 0. The fourth-order valence-electron chi connectivity index (χ4n) is 2.60. The van der Waals surface area contributed by atoms with E-state index < -0.39 is 6.09 Å².